The van der Waals surface area contributed by atoms with Crippen LogP contribution in [0.3, 0.4) is 0 Å². The Morgan fingerprint density at radius 1 is 0.397 bits per heavy atom. The van der Waals surface area contributed by atoms with Crippen LogP contribution >= 0.6 is 0 Å². The molecule has 336 valence electrons. The highest BCUT2D eigenvalue weighted by Gasteiger charge is 2.17. The predicted molar refractivity (Wildman–Crippen MR) is 251 cm³/mol. The van der Waals surface area contributed by atoms with E-state index >= 15 is 0 Å². The lowest BCUT2D eigenvalue weighted by atomic mass is 10.0. The molecule has 0 saturated carbocycles. The molecule has 5 heteroatoms. The Morgan fingerprint density at radius 2 is 0.828 bits per heavy atom. The average Bonchev–Trinajstić information content (AvgIpc) is 3.22. The van der Waals surface area contributed by atoms with Crippen molar-refractivity contribution < 1.29 is 23.8 Å². The Kier molecular flexibility index (Phi) is 46.9. The molecule has 0 radical (unpaired) electrons. The van der Waals surface area contributed by atoms with Gasteiger partial charge in [-0.05, 0) is 64.2 Å². The van der Waals surface area contributed by atoms with Crippen LogP contribution in [0.4, 0.5) is 0 Å². The van der Waals surface area contributed by atoms with Crippen molar-refractivity contribution in [3.05, 3.63) is 60.8 Å². The van der Waals surface area contributed by atoms with Crippen molar-refractivity contribution in [3.63, 3.8) is 0 Å². The zero-order chi connectivity index (χ0) is 42.1. The maximum absolute atomic E-state index is 12.7. The molecule has 0 heterocycles. The van der Waals surface area contributed by atoms with E-state index < -0.39 is 6.10 Å². The van der Waals surface area contributed by atoms with Gasteiger partial charge in [0, 0.05) is 19.4 Å². The molecule has 0 bridgehead atoms. The Morgan fingerprint density at radius 3 is 1.36 bits per heavy atom. The van der Waals surface area contributed by atoms with Crippen LogP contribution in [0.15, 0.2) is 60.8 Å². The minimum Gasteiger partial charge on any atom is -0.462 e. The number of rotatable bonds is 45. The van der Waals surface area contributed by atoms with Gasteiger partial charge in [-0.2, -0.15) is 0 Å². The zero-order valence-electron chi connectivity index (χ0n) is 38.6. The highest BCUT2D eigenvalue weighted by molar-refractivity contribution is 5.70. The SMILES string of the molecule is CC/C=C\C/C=C\C/C=C\C/C=C\CCC(=O)OCC(COCCCCCCCCCCCCCCCCCCCC)OC(=O)CCCCCCC/C=C\CCCC. The lowest BCUT2D eigenvalue weighted by Gasteiger charge is -2.18. The largest absolute Gasteiger partial charge is 0.462 e. The van der Waals surface area contributed by atoms with Gasteiger partial charge in [0.25, 0.3) is 0 Å². The summed E-state index contributed by atoms with van der Waals surface area (Å²) in [6.07, 6.45) is 61.0. The van der Waals surface area contributed by atoms with E-state index in [4.69, 9.17) is 14.2 Å². The van der Waals surface area contributed by atoms with Gasteiger partial charge in [-0.25, -0.2) is 0 Å². The molecule has 0 aromatic rings. The molecule has 1 unspecified atom stereocenters. The fraction of sp³-hybridized carbons (Fsp3) is 0.774. The number of hydrogen-bond donors (Lipinski definition) is 0. The number of esters is 2. The average molecular weight is 811 g/mol. The van der Waals surface area contributed by atoms with E-state index in [2.05, 4.69) is 75.5 Å². The molecule has 0 saturated heterocycles. The lowest BCUT2D eigenvalue weighted by molar-refractivity contribution is -0.162. The number of unbranched alkanes of at least 4 members (excludes halogenated alkanes) is 24. The number of carbonyl (C=O) groups is 2. The molecule has 0 fully saturated rings. The standard InChI is InChI=1S/C53H94O5/c1-4-7-10-13-16-19-22-24-25-26-27-28-30-33-36-39-42-45-48-56-49-51(58-53(55)47-44-41-38-35-31-21-18-15-12-9-6-3)50-57-52(54)46-43-40-37-34-32-29-23-20-17-14-11-8-5-2/h8,11,15,17-18,20,29,32,37,40,51H,4-7,9-10,12-14,16,19,21-28,30-31,33-36,38-39,41-50H2,1-3H3/b11-8-,18-15-,20-17-,32-29-,40-37-. The van der Waals surface area contributed by atoms with E-state index in [9.17, 15) is 9.59 Å². The maximum Gasteiger partial charge on any atom is 0.306 e. The third kappa shape index (κ3) is 46.3. The van der Waals surface area contributed by atoms with Crippen LogP contribution in [-0.4, -0.2) is 37.9 Å². The summed E-state index contributed by atoms with van der Waals surface area (Å²) in [6, 6.07) is 0. The first kappa shape index (κ1) is 55.6. The summed E-state index contributed by atoms with van der Waals surface area (Å²) in [5.74, 6) is -0.497. The van der Waals surface area contributed by atoms with Crippen LogP contribution in [0.1, 0.15) is 239 Å². The lowest BCUT2D eigenvalue weighted by Crippen LogP contribution is -2.30. The van der Waals surface area contributed by atoms with Gasteiger partial charge < -0.3 is 14.2 Å². The maximum atomic E-state index is 12.7. The molecule has 5 nitrogen and oxygen atoms in total. The Hall–Kier alpha value is -2.40. The van der Waals surface area contributed by atoms with Crippen molar-refractivity contribution in [2.75, 3.05) is 19.8 Å². The van der Waals surface area contributed by atoms with Crippen LogP contribution in [-0.2, 0) is 23.8 Å². The Bertz CT molecular complexity index is 1010. The van der Waals surface area contributed by atoms with E-state index in [1.165, 1.54) is 135 Å². The molecule has 58 heavy (non-hydrogen) atoms. The van der Waals surface area contributed by atoms with Crippen molar-refractivity contribution in [1.82, 2.24) is 0 Å². The molecular formula is C53H94O5. The van der Waals surface area contributed by atoms with Gasteiger partial charge >= 0.3 is 11.9 Å². The zero-order valence-corrected chi connectivity index (χ0v) is 38.6. The van der Waals surface area contributed by atoms with Gasteiger partial charge in [-0.1, -0.05) is 223 Å². The highest BCUT2D eigenvalue weighted by Crippen LogP contribution is 2.15. The molecule has 1 atom stereocenters. The van der Waals surface area contributed by atoms with E-state index in [0.717, 1.165) is 64.2 Å². The number of allylic oxidation sites excluding steroid dienone is 10. The van der Waals surface area contributed by atoms with Gasteiger partial charge in [0.2, 0.25) is 0 Å². The van der Waals surface area contributed by atoms with Gasteiger partial charge in [-0.15, -0.1) is 0 Å². The van der Waals surface area contributed by atoms with Crippen LogP contribution in [0, 0.1) is 0 Å². The molecule has 0 aliphatic carbocycles. The molecule has 0 aliphatic heterocycles. The number of carbonyl (C=O) groups excluding carboxylic acids is 2. The molecule has 0 aliphatic rings. The molecular weight excluding hydrogens is 717 g/mol. The molecule has 0 spiro atoms. The summed E-state index contributed by atoms with van der Waals surface area (Å²) < 4.78 is 17.3. The van der Waals surface area contributed by atoms with Crippen molar-refractivity contribution >= 4 is 11.9 Å². The van der Waals surface area contributed by atoms with Gasteiger partial charge in [0.05, 0.1) is 6.61 Å². The third-order valence-corrected chi connectivity index (χ3v) is 10.6. The predicted octanol–water partition coefficient (Wildman–Crippen LogP) is 16.6. The molecule has 0 N–H and O–H groups in total. The van der Waals surface area contributed by atoms with E-state index in [1.54, 1.807) is 0 Å². The smallest absolute Gasteiger partial charge is 0.306 e. The van der Waals surface area contributed by atoms with E-state index in [0.29, 0.717) is 25.9 Å². The minimum atomic E-state index is -0.566. The van der Waals surface area contributed by atoms with Crippen molar-refractivity contribution in [1.29, 1.82) is 0 Å². The summed E-state index contributed by atoms with van der Waals surface area (Å²) in [4.78, 5) is 25.2. The van der Waals surface area contributed by atoms with E-state index in [1.807, 2.05) is 6.08 Å². The normalized spacial score (nSPS) is 12.7. The molecule has 0 rings (SSSR count). The highest BCUT2D eigenvalue weighted by atomic mass is 16.6. The minimum absolute atomic E-state index is 0.0453. The summed E-state index contributed by atoms with van der Waals surface area (Å²) in [6.45, 7) is 7.61. The van der Waals surface area contributed by atoms with Crippen molar-refractivity contribution in [2.45, 2.75) is 245 Å². The number of hydrogen-bond acceptors (Lipinski definition) is 5. The topological polar surface area (TPSA) is 61.8 Å². The summed E-state index contributed by atoms with van der Waals surface area (Å²) in [5.41, 5.74) is 0. The first-order valence-electron chi connectivity index (χ1n) is 24.8. The molecule has 0 aromatic heterocycles. The number of ether oxygens (including phenoxy) is 3. The molecule has 0 amide bonds. The van der Waals surface area contributed by atoms with Gasteiger partial charge in [-0.3, -0.25) is 9.59 Å². The second kappa shape index (κ2) is 49.0. The summed E-state index contributed by atoms with van der Waals surface area (Å²) in [5, 5.41) is 0. The van der Waals surface area contributed by atoms with Crippen LogP contribution in [0.2, 0.25) is 0 Å². The third-order valence-electron chi connectivity index (χ3n) is 10.6. The van der Waals surface area contributed by atoms with Crippen LogP contribution in [0.5, 0.6) is 0 Å². The summed E-state index contributed by atoms with van der Waals surface area (Å²) in [7, 11) is 0. The van der Waals surface area contributed by atoms with Crippen molar-refractivity contribution in [2.24, 2.45) is 0 Å². The Labute approximate surface area is 360 Å². The van der Waals surface area contributed by atoms with Crippen LogP contribution in [0.25, 0.3) is 0 Å². The monoisotopic (exact) mass is 811 g/mol. The van der Waals surface area contributed by atoms with Crippen molar-refractivity contribution in [3.8, 4) is 0 Å². The Balaban J connectivity index is 4.28. The fourth-order valence-corrected chi connectivity index (χ4v) is 6.86. The van der Waals surface area contributed by atoms with E-state index in [-0.39, 0.29) is 25.2 Å². The molecule has 0 aromatic carbocycles. The quantitative estimate of drug-likeness (QED) is 0.0348. The van der Waals surface area contributed by atoms with Gasteiger partial charge in [0.15, 0.2) is 6.10 Å². The summed E-state index contributed by atoms with van der Waals surface area (Å²) >= 11 is 0. The van der Waals surface area contributed by atoms with Crippen LogP contribution < -0.4 is 0 Å². The second-order valence-electron chi connectivity index (χ2n) is 16.3. The first-order valence-corrected chi connectivity index (χ1v) is 24.8. The first-order chi connectivity index (χ1) is 28.6. The fourth-order valence-electron chi connectivity index (χ4n) is 6.86. The second-order valence-corrected chi connectivity index (χ2v) is 16.3. The van der Waals surface area contributed by atoms with Gasteiger partial charge in [0.1, 0.15) is 6.61 Å².